The molecule has 0 unspecified atom stereocenters. The Labute approximate surface area is 99.1 Å². The van der Waals surface area contributed by atoms with E-state index in [4.69, 9.17) is 19.9 Å². The normalized spacial score (nSPS) is 15.6. The zero-order chi connectivity index (χ0) is 11.5. The van der Waals surface area contributed by atoms with Crippen molar-refractivity contribution in [1.82, 2.24) is 0 Å². The second kappa shape index (κ2) is 4.84. The molecule has 0 bridgehead atoms. The maximum absolute atomic E-state index is 5.95. The molecule has 0 radical (unpaired) electrons. The first-order chi connectivity index (χ1) is 7.74. The van der Waals surface area contributed by atoms with Crippen LogP contribution in [0.5, 0.6) is 11.5 Å². The average molecular weight is 241 g/mol. The summed E-state index contributed by atoms with van der Waals surface area (Å²) in [6, 6.07) is 3.71. The van der Waals surface area contributed by atoms with E-state index in [1.807, 2.05) is 6.07 Å². The lowest BCUT2D eigenvalue weighted by atomic mass is 10.3. The van der Waals surface area contributed by atoms with E-state index in [0.717, 1.165) is 23.8 Å². The van der Waals surface area contributed by atoms with Crippen molar-refractivity contribution < 1.29 is 14.2 Å². The number of hydrogen-bond acceptors (Lipinski definition) is 5. The van der Waals surface area contributed by atoms with Gasteiger partial charge in [0.25, 0.3) is 0 Å². The van der Waals surface area contributed by atoms with Gasteiger partial charge in [-0.2, -0.15) is 0 Å². The maximum Gasteiger partial charge on any atom is 0.162 e. The molecule has 1 aromatic rings. The van der Waals surface area contributed by atoms with Crippen LogP contribution in [-0.2, 0) is 4.74 Å². The van der Waals surface area contributed by atoms with Crippen LogP contribution in [0.1, 0.15) is 0 Å². The van der Waals surface area contributed by atoms with Crippen molar-refractivity contribution in [2.45, 2.75) is 10.1 Å². The van der Waals surface area contributed by atoms with Crippen molar-refractivity contribution in [3.8, 4) is 11.5 Å². The standard InChI is InChI=1S/C11H15NO3S/c1-13-9-3-8(12)11(4-10(9)14-2)16-7-5-15-6-7/h3-4,7H,5-6,12H2,1-2H3. The van der Waals surface area contributed by atoms with Gasteiger partial charge in [-0.15, -0.1) is 11.8 Å². The van der Waals surface area contributed by atoms with Gasteiger partial charge < -0.3 is 19.9 Å². The van der Waals surface area contributed by atoms with E-state index in [9.17, 15) is 0 Å². The van der Waals surface area contributed by atoms with Crippen LogP contribution in [0.3, 0.4) is 0 Å². The van der Waals surface area contributed by atoms with Gasteiger partial charge in [0.15, 0.2) is 11.5 Å². The Bertz CT molecular complexity index is 380. The summed E-state index contributed by atoms with van der Waals surface area (Å²) in [6.07, 6.45) is 0. The Kier molecular flexibility index (Phi) is 3.46. The van der Waals surface area contributed by atoms with Crippen LogP contribution in [0.2, 0.25) is 0 Å². The van der Waals surface area contributed by atoms with Gasteiger partial charge in [0.05, 0.1) is 32.7 Å². The van der Waals surface area contributed by atoms with Crippen LogP contribution in [0.25, 0.3) is 0 Å². The maximum atomic E-state index is 5.95. The highest BCUT2D eigenvalue weighted by molar-refractivity contribution is 8.00. The smallest absolute Gasteiger partial charge is 0.162 e. The van der Waals surface area contributed by atoms with E-state index in [2.05, 4.69) is 0 Å². The number of nitrogens with two attached hydrogens (primary N) is 1. The highest BCUT2D eigenvalue weighted by Gasteiger charge is 2.21. The summed E-state index contributed by atoms with van der Waals surface area (Å²) in [6.45, 7) is 1.58. The predicted octanol–water partition coefficient (Wildman–Crippen LogP) is 1.78. The Morgan fingerprint density at radius 2 is 1.88 bits per heavy atom. The number of hydrogen-bond donors (Lipinski definition) is 1. The summed E-state index contributed by atoms with van der Waals surface area (Å²) in [5.74, 6) is 1.37. The van der Waals surface area contributed by atoms with Gasteiger partial charge in [-0.3, -0.25) is 0 Å². The van der Waals surface area contributed by atoms with Crippen molar-refractivity contribution in [2.75, 3.05) is 33.2 Å². The molecule has 1 aliphatic heterocycles. The second-order valence-corrected chi connectivity index (χ2v) is 4.86. The predicted molar refractivity (Wildman–Crippen MR) is 64.4 cm³/mol. The molecular weight excluding hydrogens is 226 g/mol. The van der Waals surface area contributed by atoms with Gasteiger partial charge in [0.2, 0.25) is 0 Å². The number of benzene rings is 1. The van der Waals surface area contributed by atoms with Gasteiger partial charge in [0.1, 0.15) is 0 Å². The SMILES string of the molecule is COc1cc(N)c(SC2COC2)cc1OC. The first-order valence-corrected chi connectivity index (χ1v) is 5.88. The highest BCUT2D eigenvalue weighted by atomic mass is 32.2. The lowest BCUT2D eigenvalue weighted by Crippen LogP contribution is -2.30. The third-order valence-corrected chi connectivity index (χ3v) is 3.63. The molecule has 5 heteroatoms. The van der Waals surface area contributed by atoms with E-state index in [-0.39, 0.29) is 0 Å². The number of nitrogen functional groups attached to an aromatic ring is 1. The summed E-state index contributed by atoms with van der Waals surface area (Å²) >= 11 is 1.72. The number of anilines is 1. The first-order valence-electron chi connectivity index (χ1n) is 5.00. The van der Waals surface area contributed by atoms with Crippen LogP contribution < -0.4 is 15.2 Å². The van der Waals surface area contributed by atoms with E-state index in [1.54, 1.807) is 32.0 Å². The van der Waals surface area contributed by atoms with Crippen LogP contribution in [-0.4, -0.2) is 32.7 Å². The summed E-state index contributed by atoms with van der Waals surface area (Å²) in [5, 5.41) is 0.500. The molecule has 1 heterocycles. The Balaban J connectivity index is 2.22. The zero-order valence-electron chi connectivity index (χ0n) is 9.36. The lowest BCUT2D eigenvalue weighted by Gasteiger charge is -2.26. The van der Waals surface area contributed by atoms with E-state index in [0.29, 0.717) is 16.7 Å². The van der Waals surface area contributed by atoms with Crippen LogP contribution >= 0.6 is 11.8 Å². The molecule has 4 nitrogen and oxygen atoms in total. The third kappa shape index (κ3) is 2.20. The molecule has 1 aromatic carbocycles. The molecule has 0 aromatic heterocycles. The topological polar surface area (TPSA) is 53.7 Å². The fraction of sp³-hybridized carbons (Fsp3) is 0.455. The monoisotopic (exact) mass is 241 g/mol. The summed E-state index contributed by atoms with van der Waals surface area (Å²) in [4.78, 5) is 1.02. The molecule has 0 aliphatic carbocycles. The van der Waals surface area contributed by atoms with E-state index < -0.39 is 0 Å². The molecule has 88 valence electrons. The summed E-state index contributed by atoms with van der Waals surface area (Å²) in [7, 11) is 3.22. The molecule has 2 N–H and O–H groups in total. The molecular formula is C11H15NO3S. The summed E-state index contributed by atoms with van der Waals surface area (Å²) < 4.78 is 15.5. The van der Waals surface area contributed by atoms with Crippen molar-refractivity contribution in [1.29, 1.82) is 0 Å². The van der Waals surface area contributed by atoms with Crippen LogP contribution in [0, 0.1) is 0 Å². The number of thioether (sulfide) groups is 1. The molecule has 1 aliphatic rings. The molecule has 0 saturated carbocycles. The molecule has 0 atom stereocenters. The van der Waals surface area contributed by atoms with Crippen molar-refractivity contribution >= 4 is 17.4 Å². The van der Waals surface area contributed by atoms with Crippen molar-refractivity contribution in [2.24, 2.45) is 0 Å². The number of rotatable bonds is 4. The Hall–Kier alpha value is -1.07. The molecule has 1 fully saturated rings. The molecule has 0 spiro atoms. The second-order valence-electron chi connectivity index (χ2n) is 3.52. The minimum atomic E-state index is 0.500. The van der Waals surface area contributed by atoms with Crippen LogP contribution in [0.15, 0.2) is 17.0 Å². The van der Waals surface area contributed by atoms with Crippen LogP contribution in [0.4, 0.5) is 5.69 Å². The largest absolute Gasteiger partial charge is 0.493 e. The van der Waals surface area contributed by atoms with E-state index in [1.165, 1.54) is 0 Å². The minimum Gasteiger partial charge on any atom is -0.493 e. The first kappa shape index (κ1) is 11.4. The Morgan fingerprint density at radius 3 is 2.38 bits per heavy atom. The number of methoxy groups -OCH3 is 2. The van der Waals surface area contributed by atoms with Gasteiger partial charge >= 0.3 is 0 Å². The third-order valence-electron chi connectivity index (χ3n) is 2.42. The molecule has 16 heavy (non-hydrogen) atoms. The van der Waals surface area contributed by atoms with Crippen molar-refractivity contribution in [3.63, 3.8) is 0 Å². The molecule has 0 amide bonds. The summed E-state index contributed by atoms with van der Waals surface area (Å²) in [5.41, 5.74) is 6.67. The Morgan fingerprint density at radius 1 is 1.25 bits per heavy atom. The molecule has 1 saturated heterocycles. The van der Waals surface area contributed by atoms with Crippen molar-refractivity contribution in [3.05, 3.63) is 12.1 Å². The fourth-order valence-electron chi connectivity index (χ4n) is 1.44. The minimum absolute atomic E-state index is 0.500. The highest BCUT2D eigenvalue weighted by Crippen LogP contribution is 2.39. The molecule has 2 rings (SSSR count). The lowest BCUT2D eigenvalue weighted by molar-refractivity contribution is 0.0455. The fourth-order valence-corrected chi connectivity index (χ4v) is 2.50. The van der Waals surface area contributed by atoms with E-state index >= 15 is 0 Å². The van der Waals surface area contributed by atoms with Gasteiger partial charge in [-0.05, 0) is 6.07 Å². The van der Waals surface area contributed by atoms with Gasteiger partial charge in [0, 0.05) is 16.6 Å². The average Bonchev–Trinajstić information content (AvgIpc) is 2.24. The quantitative estimate of drug-likeness (QED) is 0.814. The zero-order valence-corrected chi connectivity index (χ0v) is 10.2. The van der Waals surface area contributed by atoms with Gasteiger partial charge in [-0.1, -0.05) is 0 Å². The van der Waals surface area contributed by atoms with Gasteiger partial charge in [-0.25, -0.2) is 0 Å². The number of ether oxygens (including phenoxy) is 3.